The molecule has 39 heavy (non-hydrogen) atoms. The number of rotatable bonds is 9. The lowest BCUT2D eigenvalue weighted by Crippen LogP contribution is -2.43. The van der Waals surface area contributed by atoms with Gasteiger partial charge in [-0.3, -0.25) is 9.59 Å². The molecule has 4 aliphatic rings. The Labute approximate surface area is 235 Å². The Morgan fingerprint density at radius 2 is 1.79 bits per heavy atom. The summed E-state index contributed by atoms with van der Waals surface area (Å²) in [6.45, 7) is 11.0. The third-order valence-electron chi connectivity index (χ3n) is 8.76. The highest BCUT2D eigenvalue weighted by Crippen LogP contribution is 2.46. The predicted octanol–water partition coefficient (Wildman–Crippen LogP) is 5.11. The number of esters is 1. The van der Waals surface area contributed by atoms with Gasteiger partial charge in [-0.25, -0.2) is 0 Å². The van der Waals surface area contributed by atoms with Crippen molar-refractivity contribution in [3.8, 4) is 0 Å². The molecule has 1 amide bonds. The number of allylic oxidation sites excluding steroid dienone is 3. The Hall–Kier alpha value is -1.96. The van der Waals surface area contributed by atoms with Crippen LogP contribution in [-0.2, 0) is 23.8 Å². The molecule has 4 fully saturated rings. The SMILES string of the molecule is CC(C=C[C@@H]1C[C@]2(CO2)CC(C)(C)O1)=CCC1CCC(NC(=O)C=C[C@H](C)OC(=O)C2CCN(C)CC2)CC1. The molecule has 0 unspecified atom stereocenters. The summed E-state index contributed by atoms with van der Waals surface area (Å²) in [4.78, 5) is 27.0. The van der Waals surface area contributed by atoms with Crippen molar-refractivity contribution in [1.29, 1.82) is 0 Å². The van der Waals surface area contributed by atoms with Gasteiger partial charge in [0, 0.05) is 25.0 Å². The lowest BCUT2D eigenvalue weighted by Gasteiger charge is -2.38. The van der Waals surface area contributed by atoms with E-state index in [0.717, 1.165) is 77.5 Å². The van der Waals surface area contributed by atoms with Gasteiger partial charge in [-0.05, 0) is 105 Å². The quantitative estimate of drug-likeness (QED) is 0.189. The second-order valence-corrected chi connectivity index (χ2v) is 13.1. The van der Waals surface area contributed by atoms with E-state index in [0.29, 0.717) is 5.92 Å². The van der Waals surface area contributed by atoms with Crippen LogP contribution in [0.4, 0.5) is 0 Å². The van der Waals surface area contributed by atoms with Gasteiger partial charge in [0.25, 0.3) is 0 Å². The summed E-state index contributed by atoms with van der Waals surface area (Å²) in [5, 5.41) is 3.13. The third-order valence-corrected chi connectivity index (χ3v) is 8.76. The molecule has 1 saturated carbocycles. The first kappa shape index (κ1) is 30.0. The second-order valence-electron chi connectivity index (χ2n) is 13.1. The average Bonchev–Trinajstić information content (AvgIpc) is 3.62. The Morgan fingerprint density at radius 3 is 2.46 bits per heavy atom. The van der Waals surface area contributed by atoms with Crippen LogP contribution in [0.15, 0.2) is 36.0 Å². The maximum atomic E-state index is 12.4. The molecule has 1 N–H and O–H groups in total. The van der Waals surface area contributed by atoms with Gasteiger partial charge >= 0.3 is 5.97 Å². The third kappa shape index (κ3) is 9.58. The van der Waals surface area contributed by atoms with Gasteiger partial charge < -0.3 is 24.4 Å². The predicted molar refractivity (Wildman–Crippen MR) is 153 cm³/mol. The standard InChI is InChI=1S/C32H50N2O5/c1-23(7-14-28-20-32(22-37-32)21-31(3,4)39-28)6-9-25-10-12-27(13-11-25)33-29(35)15-8-24(2)38-30(36)26-16-18-34(5)19-17-26/h6-8,14-15,24-28H,9-13,16-22H2,1-5H3,(H,33,35)/t24-,25?,27?,28+,32+/m0/s1. The van der Waals surface area contributed by atoms with E-state index in [1.165, 1.54) is 11.6 Å². The lowest BCUT2D eigenvalue weighted by molar-refractivity contribution is -0.152. The summed E-state index contributed by atoms with van der Waals surface area (Å²) in [6, 6.07) is 0.212. The molecular formula is C32H50N2O5. The zero-order chi connectivity index (χ0) is 28.0. The van der Waals surface area contributed by atoms with Gasteiger partial charge in [-0.1, -0.05) is 23.8 Å². The van der Waals surface area contributed by atoms with Gasteiger partial charge in [-0.15, -0.1) is 0 Å². The molecule has 0 bridgehead atoms. The van der Waals surface area contributed by atoms with Gasteiger partial charge in [0.15, 0.2) is 0 Å². The first-order chi connectivity index (χ1) is 18.5. The van der Waals surface area contributed by atoms with Crippen LogP contribution in [0.25, 0.3) is 0 Å². The number of carbonyl (C=O) groups excluding carboxylic acids is 2. The number of amides is 1. The molecule has 3 atom stereocenters. The monoisotopic (exact) mass is 542 g/mol. The number of ether oxygens (including phenoxy) is 3. The van der Waals surface area contributed by atoms with Gasteiger partial charge in [0.1, 0.15) is 6.10 Å². The number of epoxide rings is 1. The van der Waals surface area contributed by atoms with E-state index < -0.39 is 6.10 Å². The molecule has 7 heteroatoms. The summed E-state index contributed by atoms with van der Waals surface area (Å²) in [6.07, 6.45) is 18.6. The normalized spacial score (nSPS) is 32.9. The molecule has 0 aromatic carbocycles. The molecule has 4 rings (SSSR count). The molecule has 3 aliphatic heterocycles. The van der Waals surface area contributed by atoms with Crippen molar-refractivity contribution in [2.24, 2.45) is 11.8 Å². The van der Waals surface area contributed by atoms with Crippen LogP contribution in [0, 0.1) is 11.8 Å². The summed E-state index contributed by atoms with van der Waals surface area (Å²) in [5.41, 5.74) is 1.19. The van der Waals surface area contributed by atoms with Crippen molar-refractivity contribution >= 4 is 11.9 Å². The number of hydrogen-bond donors (Lipinski definition) is 1. The molecule has 0 aromatic rings. The van der Waals surface area contributed by atoms with Gasteiger partial charge in [-0.2, -0.15) is 0 Å². The topological polar surface area (TPSA) is 80.4 Å². The molecule has 3 saturated heterocycles. The van der Waals surface area contributed by atoms with E-state index in [-0.39, 0.29) is 41.1 Å². The minimum Gasteiger partial charge on any atom is -0.458 e. The molecule has 3 heterocycles. The number of hydrogen-bond acceptors (Lipinski definition) is 6. The molecule has 0 radical (unpaired) electrons. The fourth-order valence-electron chi connectivity index (χ4n) is 6.39. The molecule has 7 nitrogen and oxygen atoms in total. The van der Waals surface area contributed by atoms with E-state index in [1.807, 2.05) is 6.92 Å². The van der Waals surface area contributed by atoms with Crippen LogP contribution in [0.3, 0.4) is 0 Å². The van der Waals surface area contributed by atoms with Crippen molar-refractivity contribution in [2.45, 2.75) is 115 Å². The fourth-order valence-corrected chi connectivity index (χ4v) is 6.39. The minimum atomic E-state index is -0.401. The number of piperidine rings is 1. The zero-order valence-corrected chi connectivity index (χ0v) is 24.7. The van der Waals surface area contributed by atoms with E-state index in [2.05, 4.69) is 56.3 Å². The number of carbonyl (C=O) groups is 2. The van der Waals surface area contributed by atoms with Gasteiger partial charge in [0.2, 0.25) is 5.91 Å². The first-order valence-corrected chi connectivity index (χ1v) is 15.1. The largest absolute Gasteiger partial charge is 0.458 e. The van der Waals surface area contributed by atoms with Crippen LogP contribution in [0.2, 0.25) is 0 Å². The van der Waals surface area contributed by atoms with Crippen LogP contribution in [0.5, 0.6) is 0 Å². The molecule has 1 aliphatic carbocycles. The minimum absolute atomic E-state index is 0.0287. The van der Waals surface area contributed by atoms with Crippen molar-refractivity contribution in [1.82, 2.24) is 10.2 Å². The van der Waals surface area contributed by atoms with Crippen LogP contribution >= 0.6 is 0 Å². The van der Waals surface area contributed by atoms with Crippen molar-refractivity contribution in [2.75, 3.05) is 26.7 Å². The van der Waals surface area contributed by atoms with Crippen molar-refractivity contribution < 1.29 is 23.8 Å². The number of nitrogens with one attached hydrogen (secondary N) is 1. The van der Waals surface area contributed by atoms with E-state index >= 15 is 0 Å². The van der Waals surface area contributed by atoms with Crippen LogP contribution in [0.1, 0.15) is 85.5 Å². The first-order valence-electron chi connectivity index (χ1n) is 15.1. The molecular weight excluding hydrogens is 492 g/mol. The number of nitrogens with zero attached hydrogens (tertiary/aromatic N) is 1. The highest BCUT2D eigenvalue weighted by Gasteiger charge is 2.53. The van der Waals surface area contributed by atoms with E-state index in [1.54, 1.807) is 6.08 Å². The molecule has 218 valence electrons. The van der Waals surface area contributed by atoms with E-state index in [4.69, 9.17) is 14.2 Å². The number of likely N-dealkylation sites (tertiary alicyclic amines) is 1. The maximum absolute atomic E-state index is 12.4. The Balaban J connectivity index is 1.11. The Bertz CT molecular complexity index is 928. The van der Waals surface area contributed by atoms with E-state index in [9.17, 15) is 9.59 Å². The highest BCUT2D eigenvalue weighted by molar-refractivity contribution is 5.87. The average molecular weight is 543 g/mol. The smallest absolute Gasteiger partial charge is 0.309 e. The van der Waals surface area contributed by atoms with Crippen LogP contribution in [-0.4, -0.2) is 73.0 Å². The fraction of sp³-hybridized carbons (Fsp3) is 0.750. The molecule has 1 spiro atoms. The van der Waals surface area contributed by atoms with Gasteiger partial charge in [0.05, 0.1) is 29.8 Å². The Kier molecular flexibility index (Phi) is 10.1. The summed E-state index contributed by atoms with van der Waals surface area (Å²) < 4.78 is 17.6. The zero-order valence-electron chi connectivity index (χ0n) is 24.7. The highest BCUT2D eigenvalue weighted by atomic mass is 16.6. The van der Waals surface area contributed by atoms with Crippen molar-refractivity contribution in [3.05, 3.63) is 36.0 Å². The lowest BCUT2D eigenvalue weighted by atomic mass is 9.83. The summed E-state index contributed by atoms with van der Waals surface area (Å²) >= 11 is 0. The summed E-state index contributed by atoms with van der Waals surface area (Å²) in [5.74, 6) is 0.377. The Morgan fingerprint density at radius 1 is 1.10 bits per heavy atom. The second kappa shape index (κ2) is 13.1. The van der Waals surface area contributed by atoms with Crippen molar-refractivity contribution in [3.63, 3.8) is 0 Å². The van der Waals surface area contributed by atoms with Crippen LogP contribution < -0.4 is 5.32 Å². The maximum Gasteiger partial charge on any atom is 0.309 e. The molecule has 0 aromatic heterocycles. The summed E-state index contributed by atoms with van der Waals surface area (Å²) in [7, 11) is 2.07.